The lowest BCUT2D eigenvalue weighted by Gasteiger charge is -2.34. The van der Waals surface area contributed by atoms with Crippen LogP contribution in [0.25, 0.3) is 0 Å². The van der Waals surface area contributed by atoms with Crippen LogP contribution in [-0.4, -0.2) is 75.9 Å². The molecule has 0 aromatic carbocycles. The number of likely N-dealkylation sites (tertiary alicyclic amines) is 1. The van der Waals surface area contributed by atoms with Crippen molar-refractivity contribution in [2.75, 3.05) is 39.4 Å². The van der Waals surface area contributed by atoms with Gasteiger partial charge in [-0.2, -0.15) is 0 Å². The minimum absolute atomic E-state index is 0.317. The quantitative estimate of drug-likeness (QED) is 0.769. The van der Waals surface area contributed by atoms with E-state index in [9.17, 15) is 4.79 Å². The van der Waals surface area contributed by atoms with Crippen molar-refractivity contribution < 1.29 is 9.53 Å². The summed E-state index contributed by atoms with van der Waals surface area (Å²) < 4.78 is 7.39. The molecule has 1 aromatic rings. The summed E-state index contributed by atoms with van der Waals surface area (Å²) in [7, 11) is 1.99. The van der Waals surface area contributed by atoms with Gasteiger partial charge in [0.1, 0.15) is 12.2 Å². The number of morpholine rings is 1. The zero-order valence-corrected chi connectivity index (χ0v) is 15.6. The Morgan fingerprint density at radius 2 is 2.00 bits per heavy atom. The average Bonchev–Trinajstić information content (AvgIpc) is 3.05. The van der Waals surface area contributed by atoms with Gasteiger partial charge in [0.2, 0.25) is 5.91 Å². The van der Waals surface area contributed by atoms with Gasteiger partial charge in [-0.25, -0.2) is 0 Å². The van der Waals surface area contributed by atoms with Gasteiger partial charge in [0.05, 0.1) is 13.2 Å². The molecule has 1 atom stereocenters. The van der Waals surface area contributed by atoms with Gasteiger partial charge in [0, 0.05) is 52.1 Å². The molecular formula is C18H31N5O2. The molecule has 2 saturated heterocycles. The summed E-state index contributed by atoms with van der Waals surface area (Å²) in [6.07, 6.45) is 6.45. The predicted octanol–water partition coefficient (Wildman–Crippen LogP) is 1.10. The molecule has 140 valence electrons. The number of aromatic nitrogens is 3. The van der Waals surface area contributed by atoms with E-state index in [1.807, 2.05) is 11.6 Å². The molecule has 1 amide bonds. The number of aryl methyl sites for hydroxylation is 1. The van der Waals surface area contributed by atoms with Gasteiger partial charge in [-0.1, -0.05) is 0 Å². The van der Waals surface area contributed by atoms with E-state index in [4.69, 9.17) is 4.74 Å². The molecule has 2 aliphatic heterocycles. The molecule has 2 fully saturated rings. The molecule has 1 aromatic heterocycles. The number of hydrogen-bond acceptors (Lipinski definition) is 5. The van der Waals surface area contributed by atoms with Crippen LogP contribution in [0.3, 0.4) is 0 Å². The van der Waals surface area contributed by atoms with E-state index in [1.165, 1.54) is 0 Å². The summed E-state index contributed by atoms with van der Waals surface area (Å²) in [5, 5.41) is 8.12. The fourth-order valence-corrected chi connectivity index (χ4v) is 3.83. The van der Waals surface area contributed by atoms with Gasteiger partial charge >= 0.3 is 0 Å². The summed E-state index contributed by atoms with van der Waals surface area (Å²) in [6.45, 7) is 7.60. The molecule has 1 unspecified atom stereocenters. The highest BCUT2D eigenvalue weighted by molar-refractivity contribution is 5.76. The van der Waals surface area contributed by atoms with Crippen LogP contribution in [0.5, 0.6) is 0 Å². The maximum Gasteiger partial charge on any atom is 0.222 e. The van der Waals surface area contributed by atoms with Crippen LogP contribution in [0, 0.1) is 5.92 Å². The van der Waals surface area contributed by atoms with Crippen LogP contribution in [0.1, 0.15) is 38.4 Å². The Morgan fingerprint density at radius 1 is 1.28 bits per heavy atom. The summed E-state index contributed by atoms with van der Waals surface area (Å²) >= 11 is 0. The minimum Gasteiger partial charge on any atom is -0.379 e. The Labute approximate surface area is 150 Å². The van der Waals surface area contributed by atoms with Crippen LogP contribution >= 0.6 is 0 Å². The van der Waals surface area contributed by atoms with E-state index in [-0.39, 0.29) is 0 Å². The second-order valence-electron chi connectivity index (χ2n) is 7.42. The number of amides is 1. The molecule has 0 saturated carbocycles. The first kappa shape index (κ1) is 18.3. The Bertz CT molecular complexity index is 547. The Hall–Kier alpha value is -1.47. The van der Waals surface area contributed by atoms with Crippen molar-refractivity contribution in [1.29, 1.82) is 0 Å². The monoisotopic (exact) mass is 349 g/mol. The average molecular weight is 349 g/mol. The molecule has 2 aliphatic rings. The standard InChI is InChI=1S/C18H31N5O2/c1-15(22-9-11-25-12-10-22)3-4-18(24)23-7-5-16(6-8-23)13-17-20-19-14-21(17)2/h14-16H,3-13H2,1-2H3. The number of ether oxygens (including phenoxy) is 1. The van der Waals surface area contributed by atoms with E-state index in [2.05, 4.69) is 26.9 Å². The lowest BCUT2D eigenvalue weighted by molar-refractivity contribution is -0.133. The van der Waals surface area contributed by atoms with Crippen LogP contribution in [0.4, 0.5) is 0 Å². The van der Waals surface area contributed by atoms with Crippen LogP contribution < -0.4 is 0 Å². The van der Waals surface area contributed by atoms with E-state index in [1.54, 1.807) is 6.33 Å². The Kier molecular flexibility index (Phi) is 6.42. The summed E-state index contributed by atoms with van der Waals surface area (Å²) in [5.41, 5.74) is 0. The number of carbonyl (C=O) groups excluding carboxylic acids is 1. The summed E-state index contributed by atoms with van der Waals surface area (Å²) in [6, 6.07) is 0.460. The summed E-state index contributed by atoms with van der Waals surface area (Å²) in [4.78, 5) is 17.0. The molecule has 3 rings (SSSR count). The number of nitrogens with zero attached hydrogens (tertiary/aromatic N) is 5. The Balaban J connectivity index is 1.37. The second-order valence-corrected chi connectivity index (χ2v) is 7.42. The van der Waals surface area contributed by atoms with Crippen molar-refractivity contribution in [1.82, 2.24) is 24.6 Å². The van der Waals surface area contributed by atoms with Gasteiger partial charge in [-0.3, -0.25) is 9.69 Å². The zero-order chi connectivity index (χ0) is 17.6. The van der Waals surface area contributed by atoms with Crippen molar-refractivity contribution in [3.63, 3.8) is 0 Å². The normalized spacial score (nSPS) is 21.4. The molecular weight excluding hydrogens is 318 g/mol. The number of rotatable bonds is 6. The molecule has 0 spiro atoms. The molecule has 25 heavy (non-hydrogen) atoms. The molecule has 0 aliphatic carbocycles. The predicted molar refractivity (Wildman–Crippen MR) is 95.1 cm³/mol. The van der Waals surface area contributed by atoms with Crippen LogP contribution in [0.2, 0.25) is 0 Å². The molecule has 0 bridgehead atoms. The second kappa shape index (κ2) is 8.76. The first-order chi connectivity index (χ1) is 12.1. The number of piperidine rings is 1. The minimum atomic E-state index is 0.317. The van der Waals surface area contributed by atoms with Crippen molar-refractivity contribution in [2.24, 2.45) is 13.0 Å². The largest absolute Gasteiger partial charge is 0.379 e. The molecule has 0 N–H and O–H groups in total. The molecule has 7 heteroatoms. The highest BCUT2D eigenvalue weighted by Crippen LogP contribution is 2.22. The van der Waals surface area contributed by atoms with Gasteiger partial charge in [0.25, 0.3) is 0 Å². The molecule has 3 heterocycles. The van der Waals surface area contributed by atoms with Gasteiger partial charge in [0.15, 0.2) is 0 Å². The molecule has 7 nitrogen and oxygen atoms in total. The third-order valence-corrected chi connectivity index (χ3v) is 5.69. The van der Waals surface area contributed by atoms with E-state index in [0.717, 1.165) is 70.9 Å². The van der Waals surface area contributed by atoms with Gasteiger partial charge < -0.3 is 14.2 Å². The first-order valence-corrected chi connectivity index (χ1v) is 9.56. The smallest absolute Gasteiger partial charge is 0.222 e. The Morgan fingerprint density at radius 3 is 2.64 bits per heavy atom. The highest BCUT2D eigenvalue weighted by Gasteiger charge is 2.25. The summed E-state index contributed by atoms with van der Waals surface area (Å²) in [5.74, 6) is 1.97. The van der Waals surface area contributed by atoms with E-state index >= 15 is 0 Å². The van der Waals surface area contributed by atoms with Crippen molar-refractivity contribution in [2.45, 2.75) is 45.1 Å². The topological polar surface area (TPSA) is 63.5 Å². The fourth-order valence-electron chi connectivity index (χ4n) is 3.83. The maximum absolute atomic E-state index is 12.5. The first-order valence-electron chi connectivity index (χ1n) is 9.56. The van der Waals surface area contributed by atoms with E-state index < -0.39 is 0 Å². The van der Waals surface area contributed by atoms with Crippen LogP contribution in [-0.2, 0) is 23.0 Å². The lowest BCUT2D eigenvalue weighted by Crippen LogP contribution is -2.43. The number of hydrogen-bond donors (Lipinski definition) is 0. The fraction of sp³-hybridized carbons (Fsp3) is 0.833. The zero-order valence-electron chi connectivity index (χ0n) is 15.6. The highest BCUT2D eigenvalue weighted by atomic mass is 16.5. The SMILES string of the molecule is CC(CCC(=O)N1CCC(Cc2nncn2C)CC1)N1CCOCC1. The van der Waals surface area contributed by atoms with E-state index in [0.29, 0.717) is 24.3 Å². The van der Waals surface area contributed by atoms with Crippen molar-refractivity contribution in [3.05, 3.63) is 12.2 Å². The van der Waals surface area contributed by atoms with Crippen LogP contribution in [0.15, 0.2) is 6.33 Å². The third-order valence-electron chi connectivity index (χ3n) is 5.69. The third kappa shape index (κ3) is 5.01. The molecule has 0 radical (unpaired) electrons. The maximum atomic E-state index is 12.5. The van der Waals surface area contributed by atoms with Gasteiger partial charge in [-0.05, 0) is 32.1 Å². The van der Waals surface area contributed by atoms with Crippen molar-refractivity contribution >= 4 is 5.91 Å². The van der Waals surface area contributed by atoms with Gasteiger partial charge in [-0.15, -0.1) is 10.2 Å². The lowest BCUT2D eigenvalue weighted by atomic mass is 9.93. The van der Waals surface area contributed by atoms with Crippen molar-refractivity contribution in [3.8, 4) is 0 Å². The number of carbonyl (C=O) groups is 1.